The zero-order valence-corrected chi connectivity index (χ0v) is 13.2. The quantitative estimate of drug-likeness (QED) is 0.783. The van der Waals surface area contributed by atoms with Gasteiger partial charge in [0.05, 0.1) is 10.4 Å². The van der Waals surface area contributed by atoms with Gasteiger partial charge >= 0.3 is 0 Å². The van der Waals surface area contributed by atoms with Crippen molar-refractivity contribution in [2.45, 2.75) is 33.1 Å². The highest BCUT2D eigenvalue weighted by atomic mass is 32.1. The maximum absolute atomic E-state index is 12.6. The molecule has 0 saturated heterocycles. The van der Waals surface area contributed by atoms with Crippen molar-refractivity contribution < 1.29 is 4.79 Å². The van der Waals surface area contributed by atoms with E-state index in [0.717, 1.165) is 12.0 Å². The van der Waals surface area contributed by atoms with Crippen LogP contribution >= 0.6 is 12.2 Å². The Balaban J connectivity index is 2.73. The molecule has 0 saturated carbocycles. The van der Waals surface area contributed by atoms with Crippen molar-refractivity contribution in [3.8, 4) is 0 Å². The summed E-state index contributed by atoms with van der Waals surface area (Å²) in [6.45, 7) is 4.56. The minimum Gasteiger partial charge on any atom is -0.392 e. The molecule has 0 aromatic carbocycles. The van der Waals surface area contributed by atoms with Crippen LogP contribution in [0.4, 0.5) is 0 Å². The fourth-order valence-electron chi connectivity index (χ4n) is 2.32. The summed E-state index contributed by atoms with van der Waals surface area (Å²) >= 11 is 5.12. The lowest BCUT2D eigenvalue weighted by Gasteiger charge is -2.33. The number of nitrogens with zero attached hydrogens (tertiary/aromatic N) is 2. The van der Waals surface area contributed by atoms with Crippen LogP contribution in [0.1, 0.15) is 32.3 Å². The van der Waals surface area contributed by atoms with E-state index >= 15 is 0 Å². The predicted octanol–water partition coefficient (Wildman–Crippen LogP) is 2.17. The van der Waals surface area contributed by atoms with Gasteiger partial charge in [-0.15, -0.1) is 0 Å². The van der Waals surface area contributed by atoms with Gasteiger partial charge in [0.2, 0.25) is 5.91 Å². The first-order chi connectivity index (χ1) is 9.47. The van der Waals surface area contributed by atoms with Crippen molar-refractivity contribution in [1.82, 2.24) is 9.88 Å². The molecule has 0 atom stereocenters. The fourth-order valence-corrected chi connectivity index (χ4v) is 2.70. The molecule has 5 heteroatoms. The Labute approximate surface area is 126 Å². The number of amides is 1. The van der Waals surface area contributed by atoms with Crippen molar-refractivity contribution in [2.24, 2.45) is 11.1 Å². The van der Waals surface area contributed by atoms with Crippen LogP contribution in [0.3, 0.4) is 0 Å². The van der Waals surface area contributed by atoms with Crippen LogP contribution in [0.15, 0.2) is 24.5 Å². The van der Waals surface area contributed by atoms with Gasteiger partial charge in [0.25, 0.3) is 0 Å². The first-order valence-electron chi connectivity index (χ1n) is 6.92. The summed E-state index contributed by atoms with van der Waals surface area (Å²) in [7, 11) is 1.81. The van der Waals surface area contributed by atoms with Crippen molar-refractivity contribution >= 4 is 23.1 Å². The number of nitrogens with two attached hydrogens (primary N) is 1. The highest BCUT2D eigenvalue weighted by Gasteiger charge is 2.39. The topological polar surface area (TPSA) is 59.2 Å². The van der Waals surface area contributed by atoms with Crippen LogP contribution in [0.25, 0.3) is 0 Å². The summed E-state index contributed by atoms with van der Waals surface area (Å²) < 4.78 is 0. The molecule has 0 fully saturated rings. The molecule has 0 spiro atoms. The molecule has 0 unspecified atom stereocenters. The summed E-state index contributed by atoms with van der Waals surface area (Å²) in [5.41, 5.74) is 6.27. The maximum Gasteiger partial charge on any atom is 0.235 e. The third-order valence-electron chi connectivity index (χ3n) is 3.92. The van der Waals surface area contributed by atoms with Gasteiger partial charge in [0.15, 0.2) is 0 Å². The lowest BCUT2D eigenvalue weighted by Crippen LogP contribution is -2.49. The van der Waals surface area contributed by atoms with E-state index in [9.17, 15) is 4.79 Å². The molecule has 1 aromatic heterocycles. The Hall–Kier alpha value is -1.49. The monoisotopic (exact) mass is 293 g/mol. The molecule has 1 rings (SSSR count). The van der Waals surface area contributed by atoms with Crippen LogP contribution in [0.5, 0.6) is 0 Å². The smallest absolute Gasteiger partial charge is 0.235 e. The molecule has 1 heterocycles. The predicted molar refractivity (Wildman–Crippen MR) is 85.4 cm³/mol. The minimum atomic E-state index is -0.706. The average Bonchev–Trinajstić information content (AvgIpc) is 2.47. The Kier molecular flexibility index (Phi) is 6.07. The Morgan fingerprint density at radius 1 is 1.35 bits per heavy atom. The molecule has 110 valence electrons. The maximum atomic E-state index is 12.6. The third-order valence-corrected chi connectivity index (χ3v) is 4.31. The van der Waals surface area contributed by atoms with E-state index in [0.29, 0.717) is 24.4 Å². The van der Waals surface area contributed by atoms with Crippen molar-refractivity contribution in [3.05, 3.63) is 30.1 Å². The largest absolute Gasteiger partial charge is 0.392 e. The Bertz CT molecular complexity index is 457. The number of rotatable bonds is 7. The van der Waals surface area contributed by atoms with Gasteiger partial charge in [0.1, 0.15) is 0 Å². The summed E-state index contributed by atoms with van der Waals surface area (Å²) in [4.78, 5) is 18.6. The molecule has 0 aliphatic heterocycles. The number of pyridine rings is 1. The van der Waals surface area contributed by atoms with E-state index in [2.05, 4.69) is 4.98 Å². The zero-order valence-electron chi connectivity index (χ0n) is 12.4. The molecule has 20 heavy (non-hydrogen) atoms. The van der Waals surface area contributed by atoms with Crippen molar-refractivity contribution in [3.63, 3.8) is 0 Å². The summed E-state index contributed by atoms with van der Waals surface area (Å²) in [5, 5.41) is 0. The van der Waals surface area contributed by atoms with E-state index in [1.807, 2.05) is 33.0 Å². The standard InChI is InChI=1S/C15H23N3OS/c1-4-15(5-2,13(16)20)14(19)18(3)11-8-12-6-9-17-10-7-12/h6-7,9-10H,4-5,8,11H2,1-3H3,(H2,16,20). The number of aromatic nitrogens is 1. The normalized spacial score (nSPS) is 11.2. The van der Waals surface area contributed by atoms with Crippen LogP contribution in [0, 0.1) is 5.41 Å². The van der Waals surface area contributed by atoms with Crippen LogP contribution in [-0.4, -0.2) is 34.4 Å². The number of hydrogen-bond acceptors (Lipinski definition) is 3. The molecule has 4 nitrogen and oxygen atoms in total. The minimum absolute atomic E-state index is 0.0176. The first-order valence-corrected chi connectivity index (χ1v) is 7.33. The molecule has 0 radical (unpaired) electrons. The van der Waals surface area contributed by atoms with Gasteiger partial charge in [-0.3, -0.25) is 9.78 Å². The number of carbonyl (C=O) groups is 1. The van der Waals surface area contributed by atoms with Gasteiger partial charge in [-0.25, -0.2) is 0 Å². The second-order valence-electron chi connectivity index (χ2n) is 4.99. The number of carbonyl (C=O) groups excluding carboxylic acids is 1. The lowest BCUT2D eigenvalue weighted by molar-refractivity contribution is -0.137. The van der Waals surface area contributed by atoms with E-state index in [1.54, 1.807) is 17.3 Å². The second kappa shape index (κ2) is 7.33. The first kappa shape index (κ1) is 16.6. The van der Waals surface area contributed by atoms with Crippen molar-refractivity contribution in [2.75, 3.05) is 13.6 Å². The summed E-state index contributed by atoms with van der Waals surface area (Å²) in [6, 6.07) is 3.91. The third kappa shape index (κ3) is 3.54. The van der Waals surface area contributed by atoms with Gasteiger partial charge in [-0.1, -0.05) is 26.1 Å². The molecule has 0 aliphatic rings. The number of hydrogen-bond donors (Lipinski definition) is 1. The molecule has 1 aromatic rings. The van der Waals surface area contributed by atoms with Crippen molar-refractivity contribution in [1.29, 1.82) is 0 Å². The molecule has 0 bridgehead atoms. The lowest BCUT2D eigenvalue weighted by atomic mass is 9.80. The van der Waals surface area contributed by atoms with Gasteiger partial charge in [-0.2, -0.15) is 0 Å². The number of likely N-dealkylation sites (N-methyl/N-ethyl adjacent to an activating group) is 1. The molecule has 0 aliphatic carbocycles. The van der Waals surface area contributed by atoms with E-state index in [-0.39, 0.29) is 5.91 Å². The summed E-state index contributed by atoms with van der Waals surface area (Å²) in [6.07, 6.45) is 5.59. The van der Waals surface area contributed by atoms with Crippen LogP contribution in [-0.2, 0) is 11.2 Å². The number of thiocarbonyl (C=S) groups is 1. The highest BCUT2D eigenvalue weighted by molar-refractivity contribution is 7.80. The molecular weight excluding hydrogens is 270 g/mol. The van der Waals surface area contributed by atoms with E-state index in [4.69, 9.17) is 18.0 Å². The Morgan fingerprint density at radius 3 is 2.35 bits per heavy atom. The van der Waals surface area contributed by atoms with Crippen LogP contribution in [0.2, 0.25) is 0 Å². The van der Waals surface area contributed by atoms with Gasteiger partial charge < -0.3 is 10.6 Å². The molecule has 2 N–H and O–H groups in total. The Morgan fingerprint density at radius 2 is 1.90 bits per heavy atom. The fraction of sp³-hybridized carbons (Fsp3) is 0.533. The van der Waals surface area contributed by atoms with Gasteiger partial charge in [-0.05, 0) is 37.0 Å². The van der Waals surface area contributed by atoms with E-state index < -0.39 is 5.41 Å². The average molecular weight is 293 g/mol. The summed E-state index contributed by atoms with van der Waals surface area (Å²) in [5.74, 6) is 0.0176. The second-order valence-corrected chi connectivity index (χ2v) is 5.43. The molecular formula is C15H23N3OS. The van der Waals surface area contributed by atoms with Crippen LogP contribution < -0.4 is 5.73 Å². The zero-order chi connectivity index (χ0) is 15.2. The SMILES string of the molecule is CCC(CC)(C(=O)N(C)CCc1ccncc1)C(N)=S. The van der Waals surface area contributed by atoms with Gasteiger partial charge in [0, 0.05) is 26.0 Å². The van der Waals surface area contributed by atoms with E-state index in [1.165, 1.54) is 0 Å². The highest BCUT2D eigenvalue weighted by Crippen LogP contribution is 2.29. The molecule has 1 amide bonds.